The zero-order chi connectivity index (χ0) is 25.9. The molecule has 0 aliphatic rings. The van der Waals surface area contributed by atoms with Crippen LogP contribution in [0, 0.1) is 0 Å². The van der Waals surface area contributed by atoms with Crippen LogP contribution in [0.15, 0.2) is 77.7 Å². The average molecular weight is 564 g/mol. The topological polar surface area (TPSA) is 49.4 Å². The van der Waals surface area contributed by atoms with Crippen LogP contribution in [-0.4, -0.2) is 35.1 Å². The minimum Gasteiger partial charge on any atom is -0.354 e. The van der Waals surface area contributed by atoms with Crippen molar-refractivity contribution in [3.8, 4) is 0 Å². The lowest BCUT2D eigenvalue weighted by Crippen LogP contribution is -2.51. The number of halogens is 3. The first kappa shape index (κ1) is 28.4. The van der Waals surface area contributed by atoms with Crippen LogP contribution < -0.4 is 5.32 Å². The van der Waals surface area contributed by atoms with Crippen LogP contribution in [0.1, 0.15) is 30.9 Å². The first-order chi connectivity index (χ1) is 17.4. The molecule has 3 aromatic carbocycles. The van der Waals surface area contributed by atoms with E-state index < -0.39 is 6.04 Å². The van der Waals surface area contributed by atoms with E-state index in [0.717, 1.165) is 23.3 Å². The summed E-state index contributed by atoms with van der Waals surface area (Å²) < 4.78 is 0. The van der Waals surface area contributed by atoms with Gasteiger partial charge in [0.05, 0.1) is 5.75 Å². The maximum atomic E-state index is 13.7. The van der Waals surface area contributed by atoms with E-state index in [-0.39, 0.29) is 24.1 Å². The molecule has 36 heavy (non-hydrogen) atoms. The Bertz CT molecular complexity index is 1120. The highest BCUT2D eigenvalue weighted by molar-refractivity contribution is 8.00. The van der Waals surface area contributed by atoms with Crippen molar-refractivity contribution in [2.75, 3.05) is 12.3 Å². The van der Waals surface area contributed by atoms with Crippen molar-refractivity contribution in [3.63, 3.8) is 0 Å². The number of nitrogens with one attached hydrogen (secondary N) is 1. The second-order valence-corrected chi connectivity index (χ2v) is 10.6. The van der Waals surface area contributed by atoms with Gasteiger partial charge in [-0.1, -0.05) is 84.5 Å². The molecule has 0 saturated heterocycles. The zero-order valence-electron chi connectivity index (χ0n) is 20.1. The molecule has 0 fully saturated rings. The van der Waals surface area contributed by atoms with Gasteiger partial charge in [0.2, 0.25) is 11.8 Å². The number of benzene rings is 3. The molecular weight excluding hydrogens is 535 g/mol. The second-order valence-electron chi connectivity index (χ2n) is 8.31. The standard InChI is InChI=1S/C28H29Cl3N2O2S/c1-2-3-16-32-28(35)26(17-20-8-5-4-6-9-20)33(18-23-24(30)10-7-11-25(23)31)27(34)19-36-22-14-12-21(29)13-15-22/h4-15,26H,2-3,16-19H2,1H3,(H,32,35). The molecule has 3 rings (SSSR count). The molecular formula is C28H29Cl3N2O2S. The average Bonchev–Trinajstić information content (AvgIpc) is 2.88. The predicted molar refractivity (Wildman–Crippen MR) is 151 cm³/mol. The monoisotopic (exact) mass is 562 g/mol. The van der Waals surface area contributed by atoms with E-state index in [1.54, 1.807) is 35.2 Å². The number of unbranched alkanes of at least 4 members (excludes halogenated alkanes) is 1. The fourth-order valence-electron chi connectivity index (χ4n) is 3.67. The van der Waals surface area contributed by atoms with E-state index in [4.69, 9.17) is 34.8 Å². The van der Waals surface area contributed by atoms with Gasteiger partial charge >= 0.3 is 0 Å². The maximum Gasteiger partial charge on any atom is 0.243 e. The van der Waals surface area contributed by atoms with Gasteiger partial charge in [0.25, 0.3) is 0 Å². The molecule has 190 valence electrons. The summed E-state index contributed by atoms with van der Waals surface area (Å²) in [5, 5.41) is 4.55. The molecule has 8 heteroatoms. The van der Waals surface area contributed by atoms with Crippen LogP contribution >= 0.6 is 46.6 Å². The van der Waals surface area contributed by atoms with Gasteiger partial charge in [-0.05, 0) is 48.4 Å². The fraction of sp³-hybridized carbons (Fsp3) is 0.286. The Balaban J connectivity index is 1.92. The number of rotatable bonds is 12. The van der Waals surface area contributed by atoms with Gasteiger partial charge in [0.1, 0.15) is 6.04 Å². The Morgan fingerprint density at radius 1 is 0.917 bits per heavy atom. The third kappa shape index (κ3) is 8.45. The Hall–Kier alpha value is -2.18. The Kier molecular flexibility index (Phi) is 11.5. The lowest BCUT2D eigenvalue weighted by Gasteiger charge is -2.32. The lowest BCUT2D eigenvalue weighted by atomic mass is 10.0. The molecule has 1 atom stereocenters. The van der Waals surface area contributed by atoms with E-state index in [2.05, 4.69) is 12.2 Å². The molecule has 0 aliphatic carbocycles. The van der Waals surface area contributed by atoms with Crippen molar-refractivity contribution >= 4 is 58.4 Å². The summed E-state index contributed by atoms with van der Waals surface area (Å²) in [6, 6.07) is 21.5. The zero-order valence-corrected chi connectivity index (χ0v) is 23.1. The van der Waals surface area contributed by atoms with Crippen molar-refractivity contribution < 1.29 is 9.59 Å². The molecule has 0 heterocycles. The summed E-state index contributed by atoms with van der Waals surface area (Å²) in [4.78, 5) is 29.7. The summed E-state index contributed by atoms with van der Waals surface area (Å²) in [5.41, 5.74) is 1.58. The summed E-state index contributed by atoms with van der Waals surface area (Å²) >= 11 is 20.3. The molecule has 2 amide bonds. The third-order valence-electron chi connectivity index (χ3n) is 5.67. The first-order valence-electron chi connectivity index (χ1n) is 11.8. The van der Waals surface area contributed by atoms with Crippen LogP contribution in [-0.2, 0) is 22.6 Å². The maximum absolute atomic E-state index is 13.7. The quantitative estimate of drug-likeness (QED) is 0.186. The highest BCUT2D eigenvalue weighted by Gasteiger charge is 2.31. The number of hydrogen-bond donors (Lipinski definition) is 1. The van der Waals surface area contributed by atoms with E-state index in [1.165, 1.54) is 11.8 Å². The number of thioether (sulfide) groups is 1. The SMILES string of the molecule is CCCCNC(=O)C(Cc1ccccc1)N(Cc1c(Cl)cccc1Cl)C(=O)CSc1ccc(Cl)cc1. The van der Waals surface area contributed by atoms with Crippen molar-refractivity contribution in [3.05, 3.63) is 99.0 Å². The highest BCUT2D eigenvalue weighted by atomic mass is 35.5. The van der Waals surface area contributed by atoms with Crippen molar-refractivity contribution in [1.29, 1.82) is 0 Å². The van der Waals surface area contributed by atoms with Crippen LogP contribution in [0.3, 0.4) is 0 Å². The molecule has 3 aromatic rings. The highest BCUT2D eigenvalue weighted by Crippen LogP contribution is 2.28. The smallest absolute Gasteiger partial charge is 0.243 e. The summed E-state index contributed by atoms with van der Waals surface area (Å²) in [6.07, 6.45) is 2.19. The van der Waals surface area contributed by atoms with Gasteiger partial charge in [-0.25, -0.2) is 0 Å². The Morgan fingerprint density at radius 2 is 1.58 bits per heavy atom. The number of nitrogens with zero attached hydrogens (tertiary/aromatic N) is 1. The van der Waals surface area contributed by atoms with Gasteiger partial charge in [0, 0.05) is 45.0 Å². The number of carbonyl (C=O) groups is 2. The largest absolute Gasteiger partial charge is 0.354 e. The van der Waals surface area contributed by atoms with E-state index >= 15 is 0 Å². The molecule has 1 N–H and O–H groups in total. The van der Waals surface area contributed by atoms with Crippen LogP contribution in [0.25, 0.3) is 0 Å². The fourth-order valence-corrected chi connectivity index (χ4v) is 5.10. The summed E-state index contributed by atoms with van der Waals surface area (Å²) in [5.74, 6) is -0.227. The number of carbonyl (C=O) groups excluding carboxylic acids is 2. The molecule has 0 saturated carbocycles. The second kappa shape index (κ2) is 14.5. The van der Waals surface area contributed by atoms with Crippen molar-refractivity contribution in [2.24, 2.45) is 0 Å². The normalized spacial score (nSPS) is 11.7. The summed E-state index contributed by atoms with van der Waals surface area (Å²) in [7, 11) is 0. The van der Waals surface area contributed by atoms with Crippen LogP contribution in [0.2, 0.25) is 15.1 Å². The van der Waals surface area contributed by atoms with Gasteiger partial charge in [-0.2, -0.15) is 0 Å². The molecule has 1 unspecified atom stereocenters. The molecule has 0 aliphatic heterocycles. The number of hydrogen-bond acceptors (Lipinski definition) is 3. The van der Waals surface area contributed by atoms with Gasteiger partial charge < -0.3 is 10.2 Å². The minimum atomic E-state index is -0.727. The molecule has 0 aromatic heterocycles. The molecule has 4 nitrogen and oxygen atoms in total. The Morgan fingerprint density at radius 3 is 2.22 bits per heavy atom. The van der Waals surface area contributed by atoms with Crippen molar-refractivity contribution in [1.82, 2.24) is 10.2 Å². The van der Waals surface area contributed by atoms with Crippen LogP contribution in [0.4, 0.5) is 0 Å². The minimum absolute atomic E-state index is 0.122. The van der Waals surface area contributed by atoms with Gasteiger partial charge in [-0.15, -0.1) is 11.8 Å². The van der Waals surface area contributed by atoms with E-state index in [9.17, 15) is 9.59 Å². The molecule has 0 radical (unpaired) electrons. The molecule has 0 bridgehead atoms. The lowest BCUT2D eigenvalue weighted by molar-refractivity contribution is -0.139. The van der Waals surface area contributed by atoms with Crippen LogP contribution in [0.5, 0.6) is 0 Å². The third-order valence-corrected chi connectivity index (χ3v) is 7.62. The summed E-state index contributed by atoms with van der Waals surface area (Å²) in [6.45, 7) is 2.74. The predicted octanol–water partition coefficient (Wildman–Crippen LogP) is 7.30. The number of amides is 2. The van der Waals surface area contributed by atoms with E-state index in [0.29, 0.717) is 33.6 Å². The first-order valence-corrected chi connectivity index (χ1v) is 13.9. The Labute approximate surface area is 232 Å². The molecule has 0 spiro atoms. The van der Waals surface area contributed by atoms with Gasteiger partial charge in [0.15, 0.2) is 0 Å². The van der Waals surface area contributed by atoms with Crippen molar-refractivity contribution in [2.45, 2.75) is 43.7 Å². The van der Waals surface area contributed by atoms with E-state index in [1.807, 2.05) is 42.5 Å². The van der Waals surface area contributed by atoms with Gasteiger partial charge in [-0.3, -0.25) is 9.59 Å².